The van der Waals surface area contributed by atoms with Crippen LogP contribution in [0.3, 0.4) is 0 Å². The summed E-state index contributed by atoms with van der Waals surface area (Å²) in [6, 6.07) is 0. The number of hydrogen-bond acceptors (Lipinski definition) is 3. The van der Waals surface area contributed by atoms with Gasteiger partial charge in [0.15, 0.2) is 0 Å². The first-order chi connectivity index (χ1) is 8.17. The summed E-state index contributed by atoms with van der Waals surface area (Å²) in [5.41, 5.74) is 0. The van der Waals surface area contributed by atoms with E-state index in [1.165, 1.54) is 0 Å². The van der Waals surface area contributed by atoms with Gasteiger partial charge in [-0.15, -0.1) is 0 Å². The maximum absolute atomic E-state index is 11.9. The van der Waals surface area contributed by atoms with Gasteiger partial charge in [-0.25, -0.2) is 0 Å². The Morgan fingerprint density at radius 2 is 2.12 bits per heavy atom. The number of methoxy groups -OCH3 is 1. The second-order valence-corrected chi connectivity index (χ2v) is 4.97. The molecule has 0 radical (unpaired) electrons. The first kappa shape index (κ1) is 14.5. The Balaban J connectivity index is 2.21. The van der Waals surface area contributed by atoms with E-state index in [1.54, 1.807) is 7.11 Å². The fourth-order valence-corrected chi connectivity index (χ4v) is 2.28. The monoisotopic (exact) mass is 242 g/mol. The molecule has 1 saturated heterocycles. The van der Waals surface area contributed by atoms with Crippen molar-refractivity contribution in [2.75, 3.05) is 33.8 Å². The van der Waals surface area contributed by atoms with Gasteiger partial charge in [0.05, 0.1) is 6.10 Å². The number of amides is 1. The fraction of sp³-hybridized carbons (Fsp3) is 0.923. The maximum Gasteiger partial charge on any atom is 0.222 e. The molecule has 1 rings (SSSR count). The van der Waals surface area contributed by atoms with Gasteiger partial charge in [-0.05, 0) is 45.7 Å². The minimum absolute atomic E-state index is 0.181. The number of carbonyl (C=O) groups excluding carboxylic acids is 1. The summed E-state index contributed by atoms with van der Waals surface area (Å²) in [5.74, 6) is 1.03. The van der Waals surface area contributed by atoms with Crippen LogP contribution in [0.2, 0.25) is 0 Å². The van der Waals surface area contributed by atoms with Crippen LogP contribution in [0.4, 0.5) is 0 Å². The van der Waals surface area contributed by atoms with E-state index in [4.69, 9.17) is 4.74 Å². The van der Waals surface area contributed by atoms with Gasteiger partial charge in [-0.3, -0.25) is 4.79 Å². The van der Waals surface area contributed by atoms with Gasteiger partial charge >= 0.3 is 0 Å². The van der Waals surface area contributed by atoms with Crippen LogP contribution in [0.25, 0.3) is 0 Å². The molecule has 1 N–H and O–H groups in total. The fourth-order valence-electron chi connectivity index (χ4n) is 2.28. The molecule has 17 heavy (non-hydrogen) atoms. The zero-order valence-electron chi connectivity index (χ0n) is 11.4. The van der Waals surface area contributed by atoms with Gasteiger partial charge in [0.2, 0.25) is 5.91 Å². The molecule has 0 saturated carbocycles. The van der Waals surface area contributed by atoms with Crippen molar-refractivity contribution in [3.63, 3.8) is 0 Å². The molecule has 0 aromatic carbocycles. The van der Waals surface area contributed by atoms with Crippen LogP contribution in [-0.4, -0.2) is 50.7 Å². The van der Waals surface area contributed by atoms with Crippen LogP contribution in [-0.2, 0) is 9.53 Å². The van der Waals surface area contributed by atoms with Crippen molar-refractivity contribution in [1.29, 1.82) is 0 Å². The van der Waals surface area contributed by atoms with E-state index in [0.717, 1.165) is 44.8 Å². The van der Waals surface area contributed by atoms with E-state index in [1.807, 2.05) is 18.9 Å². The number of nitrogens with one attached hydrogen (secondary N) is 1. The topological polar surface area (TPSA) is 41.6 Å². The van der Waals surface area contributed by atoms with Crippen molar-refractivity contribution in [3.8, 4) is 0 Å². The summed E-state index contributed by atoms with van der Waals surface area (Å²) in [7, 11) is 3.68. The van der Waals surface area contributed by atoms with Crippen LogP contribution < -0.4 is 5.32 Å². The third-order valence-corrected chi connectivity index (χ3v) is 3.63. The second kappa shape index (κ2) is 7.67. The molecular formula is C13H26N2O2. The highest BCUT2D eigenvalue weighted by Gasteiger charge is 2.22. The number of hydrogen-bond donors (Lipinski definition) is 1. The first-order valence-corrected chi connectivity index (χ1v) is 6.62. The standard InChI is InChI=1S/C13H26N2O2/c1-11(17-3)4-5-13(16)15-8-6-12(7-9-15)10-14-2/h11-12,14H,4-10H2,1-3H3. The molecule has 1 aliphatic rings. The molecule has 1 atom stereocenters. The molecule has 100 valence electrons. The molecule has 1 fully saturated rings. The quantitative estimate of drug-likeness (QED) is 0.762. The molecule has 0 aliphatic carbocycles. The number of ether oxygens (including phenoxy) is 1. The molecule has 1 amide bonds. The summed E-state index contributed by atoms with van der Waals surface area (Å²) in [5, 5.41) is 3.21. The largest absolute Gasteiger partial charge is 0.382 e. The van der Waals surface area contributed by atoms with E-state index in [2.05, 4.69) is 5.32 Å². The van der Waals surface area contributed by atoms with Crippen molar-refractivity contribution in [1.82, 2.24) is 10.2 Å². The van der Waals surface area contributed by atoms with E-state index in [-0.39, 0.29) is 12.0 Å². The van der Waals surface area contributed by atoms with Gasteiger partial charge in [0.25, 0.3) is 0 Å². The molecule has 0 aromatic rings. The lowest BCUT2D eigenvalue weighted by Crippen LogP contribution is -2.40. The Kier molecular flexibility index (Phi) is 6.52. The number of nitrogens with zero attached hydrogens (tertiary/aromatic N) is 1. The van der Waals surface area contributed by atoms with Gasteiger partial charge in [-0.1, -0.05) is 0 Å². The summed E-state index contributed by atoms with van der Waals surface area (Å²) in [6.07, 6.45) is 3.89. The molecule has 4 heteroatoms. The van der Waals surface area contributed by atoms with Crippen LogP contribution >= 0.6 is 0 Å². The first-order valence-electron chi connectivity index (χ1n) is 6.62. The highest BCUT2D eigenvalue weighted by Crippen LogP contribution is 2.17. The summed E-state index contributed by atoms with van der Waals surface area (Å²) >= 11 is 0. The van der Waals surface area contributed by atoms with Crippen molar-refractivity contribution < 1.29 is 9.53 Å². The van der Waals surface area contributed by atoms with Gasteiger partial charge in [-0.2, -0.15) is 0 Å². The van der Waals surface area contributed by atoms with Crippen molar-refractivity contribution in [2.24, 2.45) is 5.92 Å². The van der Waals surface area contributed by atoms with Gasteiger partial charge in [0, 0.05) is 26.6 Å². The highest BCUT2D eigenvalue weighted by atomic mass is 16.5. The van der Waals surface area contributed by atoms with Crippen LogP contribution in [0.5, 0.6) is 0 Å². The lowest BCUT2D eigenvalue weighted by atomic mass is 9.96. The zero-order chi connectivity index (χ0) is 12.7. The summed E-state index contributed by atoms with van der Waals surface area (Å²) < 4.78 is 5.16. The van der Waals surface area contributed by atoms with Gasteiger partial charge < -0.3 is 15.0 Å². The Morgan fingerprint density at radius 1 is 1.47 bits per heavy atom. The number of rotatable bonds is 6. The molecule has 1 unspecified atom stereocenters. The maximum atomic E-state index is 11.9. The molecule has 1 aliphatic heterocycles. The lowest BCUT2D eigenvalue weighted by Gasteiger charge is -2.32. The predicted molar refractivity (Wildman–Crippen MR) is 68.9 cm³/mol. The molecule has 4 nitrogen and oxygen atoms in total. The summed E-state index contributed by atoms with van der Waals surface area (Å²) in [6.45, 7) is 4.92. The number of carbonyl (C=O) groups is 1. The Hall–Kier alpha value is -0.610. The Morgan fingerprint density at radius 3 is 2.65 bits per heavy atom. The molecular weight excluding hydrogens is 216 g/mol. The minimum Gasteiger partial charge on any atom is -0.382 e. The van der Waals surface area contributed by atoms with Gasteiger partial charge in [0.1, 0.15) is 0 Å². The highest BCUT2D eigenvalue weighted by molar-refractivity contribution is 5.76. The van der Waals surface area contributed by atoms with E-state index in [0.29, 0.717) is 6.42 Å². The molecule has 0 aromatic heterocycles. The SMILES string of the molecule is CNCC1CCN(C(=O)CCC(C)OC)CC1. The molecule has 0 bridgehead atoms. The molecule has 1 heterocycles. The van der Waals surface area contributed by atoms with Crippen LogP contribution in [0.1, 0.15) is 32.6 Å². The third-order valence-electron chi connectivity index (χ3n) is 3.63. The van der Waals surface area contributed by atoms with Crippen molar-refractivity contribution in [3.05, 3.63) is 0 Å². The van der Waals surface area contributed by atoms with E-state index in [9.17, 15) is 4.79 Å². The molecule has 0 spiro atoms. The Bertz CT molecular complexity index is 225. The predicted octanol–water partition coefficient (Wildman–Crippen LogP) is 1.26. The van der Waals surface area contributed by atoms with E-state index >= 15 is 0 Å². The average Bonchev–Trinajstić information content (AvgIpc) is 2.36. The second-order valence-electron chi connectivity index (χ2n) is 4.97. The van der Waals surface area contributed by atoms with Crippen LogP contribution in [0.15, 0.2) is 0 Å². The van der Waals surface area contributed by atoms with Crippen molar-refractivity contribution >= 4 is 5.91 Å². The smallest absolute Gasteiger partial charge is 0.222 e. The third kappa shape index (κ3) is 5.04. The average molecular weight is 242 g/mol. The van der Waals surface area contributed by atoms with Crippen LogP contribution in [0, 0.1) is 5.92 Å². The normalized spacial score (nSPS) is 19.4. The number of likely N-dealkylation sites (tertiary alicyclic amines) is 1. The number of piperidine rings is 1. The summed E-state index contributed by atoms with van der Waals surface area (Å²) in [4.78, 5) is 13.9. The van der Waals surface area contributed by atoms with Crippen molar-refractivity contribution in [2.45, 2.75) is 38.7 Å². The Labute approximate surface area is 105 Å². The lowest BCUT2D eigenvalue weighted by molar-refractivity contribution is -0.133. The minimum atomic E-state index is 0.181. The van der Waals surface area contributed by atoms with E-state index < -0.39 is 0 Å². The zero-order valence-corrected chi connectivity index (χ0v) is 11.4.